The molecule has 1 N–H and O–H groups in total. The largest absolute Gasteiger partial charge is 0.479 e. The highest BCUT2D eigenvalue weighted by atomic mass is 35.5. The number of nitrogens with zero attached hydrogens (tertiary/aromatic N) is 1. The summed E-state index contributed by atoms with van der Waals surface area (Å²) in [5.41, 5.74) is 0.461. The molecule has 0 aliphatic carbocycles. The van der Waals surface area contributed by atoms with Crippen LogP contribution in [0.4, 0.5) is 0 Å². The Morgan fingerprint density at radius 2 is 2.40 bits per heavy atom. The van der Waals surface area contributed by atoms with Crippen molar-refractivity contribution in [2.75, 3.05) is 6.61 Å². The van der Waals surface area contributed by atoms with E-state index >= 15 is 0 Å². The maximum atomic E-state index is 10.3. The van der Waals surface area contributed by atoms with Gasteiger partial charge in [-0.25, -0.2) is 4.79 Å². The van der Waals surface area contributed by atoms with Gasteiger partial charge in [0.1, 0.15) is 0 Å². The van der Waals surface area contributed by atoms with E-state index in [-0.39, 0.29) is 5.88 Å². The van der Waals surface area contributed by atoms with E-state index in [2.05, 4.69) is 5.16 Å². The molecule has 0 aliphatic rings. The minimum absolute atomic E-state index is 0.157. The highest BCUT2D eigenvalue weighted by Gasteiger charge is 2.10. The molecular formula is C9H6ClNO4. The smallest absolute Gasteiger partial charge is 0.341 e. The molecule has 0 fully saturated rings. The first-order valence-electron chi connectivity index (χ1n) is 4.06. The molecule has 15 heavy (non-hydrogen) atoms. The third-order valence-corrected chi connectivity index (χ3v) is 1.97. The maximum absolute atomic E-state index is 10.3. The van der Waals surface area contributed by atoms with Crippen molar-refractivity contribution >= 4 is 28.5 Å². The van der Waals surface area contributed by atoms with Gasteiger partial charge in [0, 0.05) is 11.1 Å². The number of aliphatic carboxylic acids is 1. The molecule has 2 rings (SSSR count). The minimum Gasteiger partial charge on any atom is -0.479 e. The number of carboxylic acid groups (broad SMARTS) is 1. The van der Waals surface area contributed by atoms with E-state index in [1.54, 1.807) is 18.2 Å². The predicted molar refractivity (Wildman–Crippen MR) is 52.1 cm³/mol. The first-order valence-corrected chi connectivity index (χ1v) is 4.44. The number of ether oxygens (including phenoxy) is 1. The van der Waals surface area contributed by atoms with E-state index in [0.717, 1.165) is 0 Å². The quantitative estimate of drug-likeness (QED) is 0.868. The highest BCUT2D eigenvalue weighted by Crippen LogP contribution is 2.26. The molecule has 0 aliphatic heterocycles. The van der Waals surface area contributed by atoms with Crippen molar-refractivity contribution in [2.24, 2.45) is 0 Å². The molecule has 0 atom stereocenters. The van der Waals surface area contributed by atoms with Gasteiger partial charge in [0.2, 0.25) is 0 Å². The van der Waals surface area contributed by atoms with Crippen molar-refractivity contribution in [3.05, 3.63) is 23.2 Å². The summed E-state index contributed by atoms with van der Waals surface area (Å²) in [5.74, 6) is -0.913. The second kappa shape index (κ2) is 3.78. The van der Waals surface area contributed by atoms with E-state index < -0.39 is 12.6 Å². The summed E-state index contributed by atoms with van der Waals surface area (Å²) < 4.78 is 9.82. The predicted octanol–water partition coefficient (Wildman–Crippen LogP) is 1.94. The van der Waals surface area contributed by atoms with Crippen LogP contribution in [0.3, 0.4) is 0 Å². The van der Waals surface area contributed by atoms with Gasteiger partial charge in [0.25, 0.3) is 5.88 Å². The molecule has 0 saturated carbocycles. The van der Waals surface area contributed by atoms with Crippen molar-refractivity contribution in [1.82, 2.24) is 5.16 Å². The van der Waals surface area contributed by atoms with Crippen LogP contribution in [0.25, 0.3) is 11.0 Å². The van der Waals surface area contributed by atoms with Crippen LogP contribution in [0.1, 0.15) is 0 Å². The molecular weight excluding hydrogens is 222 g/mol. The molecule has 1 aromatic heterocycles. The molecule has 0 radical (unpaired) electrons. The van der Waals surface area contributed by atoms with Crippen LogP contribution in [0.5, 0.6) is 5.88 Å². The first-order chi connectivity index (χ1) is 7.16. The Labute approximate surface area is 89.2 Å². The molecule has 1 heterocycles. The lowest BCUT2D eigenvalue weighted by Gasteiger charge is -1.96. The number of halogens is 1. The molecule has 6 heteroatoms. The number of benzene rings is 1. The number of fused-ring (bicyclic) bond motifs is 1. The van der Waals surface area contributed by atoms with Gasteiger partial charge in [-0.05, 0) is 17.3 Å². The maximum Gasteiger partial charge on any atom is 0.341 e. The third-order valence-electron chi connectivity index (χ3n) is 1.73. The van der Waals surface area contributed by atoms with Crippen molar-refractivity contribution in [1.29, 1.82) is 0 Å². The van der Waals surface area contributed by atoms with E-state index in [1.807, 2.05) is 0 Å². The number of hydrogen-bond acceptors (Lipinski definition) is 4. The summed E-state index contributed by atoms with van der Waals surface area (Å²) in [7, 11) is 0. The number of carbonyl (C=O) groups is 1. The molecule has 0 amide bonds. The lowest BCUT2D eigenvalue weighted by molar-refractivity contribution is -0.139. The minimum atomic E-state index is -1.07. The van der Waals surface area contributed by atoms with Crippen LogP contribution in [0.15, 0.2) is 22.7 Å². The number of aromatic nitrogens is 1. The molecule has 5 nitrogen and oxygen atoms in total. The molecule has 0 spiro atoms. The Hall–Kier alpha value is -1.75. The van der Waals surface area contributed by atoms with Crippen LogP contribution >= 0.6 is 11.6 Å². The first kappa shape index (κ1) is 9.79. The van der Waals surface area contributed by atoms with Gasteiger partial charge in [0.05, 0.1) is 5.39 Å². The lowest BCUT2D eigenvalue weighted by Crippen LogP contribution is -2.09. The molecule has 1 aromatic carbocycles. The van der Waals surface area contributed by atoms with Crippen LogP contribution in [0.2, 0.25) is 5.02 Å². The summed E-state index contributed by atoms with van der Waals surface area (Å²) in [5, 5.41) is 13.1. The summed E-state index contributed by atoms with van der Waals surface area (Å²) in [6.07, 6.45) is 0. The van der Waals surface area contributed by atoms with Gasteiger partial charge in [0.15, 0.2) is 12.2 Å². The lowest BCUT2D eigenvalue weighted by atomic mass is 10.3. The summed E-state index contributed by atoms with van der Waals surface area (Å²) in [6.45, 7) is -0.454. The molecule has 0 saturated heterocycles. The average Bonchev–Trinajstić information content (AvgIpc) is 2.57. The van der Waals surface area contributed by atoms with Crippen molar-refractivity contribution < 1.29 is 19.2 Å². The van der Waals surface area contributed by atoms with E-state index in [4.69, 9.17) is 26.0 Å². The summed E-state index contributed by atoms with van der Waals surface area (Å²) in [4.78, 5) is 10.3. The monoisotopic (exact) mass is 227 g/mol. The molecule has 2 aromatic rings. The van der Waals surface area contributed by atoms with Crippen molar-refractivity contribution in [3.63, 3.8) is 0 Å². The van der Waals surface area contributed by atoms with Gasteiger partial charge in [-0.1, -0.05) is 11.6 Å². The zero-order chi connectivity index (χ0) is 10.8. The molecule has 0 unspecified atom stereocenters. The Morgan fingerprint density at radius 3 is 3.13 bits per heavy atom. The topological polar surface area (TPSA) is 72.6 Å². The Bertz CT molecular complexity index is 508. The van der Waals surface area contributed by atoms with E-state index in [1.165, 1.54) is 0 Å². The average molecular weight is 228 g/mol. The van der Waals surface area contributed by atoms with E-state index in [0.29, 0.717) is 16.0 Å². The number of rotatable bonds is 3. The number of hydrogen-bond donors (Lipinski definition) is 1. The second-order valence-corrected chi connectivity index (χ2v) is 3.25. The molecule has 0 bridgehead atoms. The van der Waals surface area contributed by atoms with Gasteiger partial charge >= 0.3 is 5.97 Å². The van der Waals surface area contributed by atoms with Crippen LogP contribution < -0.4 is 4.74 Å². The fourth-order valence-corrected chi connectivity index (χ4v) is 1.28. The zero-order valence-electron chi connectivity index (χ0n) is 7.44. The zero-order valence-corrected chi connectivity index (χ0v) is 8.19. The number of carboxylic acids is 1. The third kappa shape index (κ3) is 2.02. The normalized spacial score (nSPS) is 10.5. The second-order valence-electron chi connectivity index (χ2n) is 2.81. The fourth-order valence-electron chi connectivity index (χ4n) is 1.12. The van der Waals surface area contributed by atoms with Crippen LogP contribution in [-0.2, 0) is 4.79 Å². The van der Waals surface area contributed by atoms with Gasteiger partial charge in [-0.2, -0.15) is 0 Å². The van der Waals surface area contributed by atoms with Crippen molar-refractivity contribution in [2.45, 2.75) is 0 Å². The Kier molecular flexibility index (Phi) is 2.47. The SMILES string of the molecule is O=C(O)COc1noc2cc(Cl)ccc12. The Morgan fingerprint density at radius 1 is 1.60 bits per heavy atom. The van der Waals surface area contributed by atoms with Gasteiger partial charge < -0.3 is 14.4 Å². The van der Waals surface area contributed by atoms with Crippen molar-refractivity contribution in [3.8, 4) is 5.88 Å². The van der Waals surface area contributed by atoms with Gasteiger partial charge in [-0.3, -0.25) is 0 Å². The summed E-state index contributed by atoms with van der Waals surface area (Å²) in [6, 6.07) is 4.89. The van der Waals surface area contributed by atoms with E-state index in [9.17, 15) is 4.79 Å². The van der Waals surface area contributed by atoms with Crippen LogP contribution in [-0.4, -0.2) is 22.8 Å². The highest BCUT2D eigenvalue weighted by molar-refractivity contribution is 6.31. The summed E-state index contributed by atoms with van der Waals surface area (Å²) >= 11 is 5.73. The Balaban J connectivity index is 2.32. The molecule has 78 valence electrons. The standard InChI is InChI=1S/C9H6ClNO4/c10-5-1-2-6-7(3-5)15-11-9(6)14-4-8(12)13/h1-3H,4H2,(H,12,13). The fraction of sp³-hybridized carbons (Fsp3) is 0.111. The van der Waals surface area contributed by atoms with Crippen LogP contribution in [0, 0.1) is 0 Å². The van der Waals surface area contributed by atoms with Gasteiger partial charge in [-0.15, -0.1) is 0 Å².